The molecule has 1 aliphatic rings. The monoisotopic (exact) mass is 633 g/mol. The van der Waals surface area contributed by atoms with Crippen LogP contribution in [0.2, 0.25) is 0 Å². The predicted octanol–water partition coefficient (Wildman–Crippen LogP) is 7.68. The number of halogens is 1. The molecular formula is C37H32BrNO4. The molecule has 216 valence electrons. The van der Waals surface area contributed by atoms with E-state index < -0.39 is 11.6 Å². The van der Waals surface area contributed by atoms with Crippen LogP contribution in [0, 0.1) is 0 Å². The highest BCUT2D eigenvalue weighted by molar-refractivity contribution is 9.10. The zero-order valence-corrected chi connectivity index (χ0v) is 25.6. The largest absolute Gasteiger partial charge is 0.493 e. The topological polar surface area (TPSA) is 56.8 Å². The Bertz CT molecular complexity index is 1690. The summed E-state index contributed by atoms with van der Waals surface area (Å²) >= 11 is 3.72. The maximum atomic E-state index is 13.6. The van der Waals surface area contributed by atoms with E-state index in [0.29, 0.717) is 24.5 Å². The first-order valence-corrected chi connectivity index (χ1v) is 15.0. The lowest BCUT2D eigenvalue weighted by atomic mass is 9.79. The standard InChI is InChI=1S/C37H32BrNO4/c1-41-34-23-32(38)26(22-35(34)43-24-25-13-5-3-6-14-25)21-33(36(40)42-2)39-37(27-15-7-4-8-16-27)30-19-11-9-17-28(30)29-18-10-12-20-31(29)37/h3-20,22-23,33,39H,21,24H2,1-2H3. The van der Waals surface area contributed by atoms with Crippen LogP contribution in [0.5, 0.6) is 11.5 Å². The lowest BCUT2D eigenvalue weighted by molar-refractivity contribution is -0.143. The minimum atomic E-state index is -0.779. The highest BCUT2D eigenvalue weighted by Crippen LogP contribution is 2.51. The summed E-state index contributed by atoms with van der Waals surface area (Å²) in [6.45, 7) is 0.391. The molecule has 5 aromatic rings. The fourth-order valence-electron chi connectivity index (χ4n) is 6.03. The van der Waals surface area contributed by atoms with E-state index in [-0.39, 0.29) is 5.97 Å². The molecular weight excluding hydrogens is 602 g/mol. The summed E-state index contributed by atoms with van der Waals surface area (Å²) in [5.41, 5.74) is 6.66. The van der Waals surface area contributed by atoms with E-state index in [1.54, 1.807) is 7.11 Å². The molecule has 1 N–H and O–H groups in total. The minimum Gasteiger partial charge on any atom is -0.493 e. The average Bonchev–Trinajstić information content (AvgIpc) is 3.35. The molecule has 1 unspecified atom stereocenters. The third-order valence-electron chi connectivity index (χ3n) is 8.03. The molecule has 6 rings (SSSR count). The van der Waals surface area contributed by atoms with Crippen LogP contribution < -0.4 is 14.8 Å². The summed E-state index contributed by atoms with van der Waals surface area (Å²) in [5, 5.41) is 3.82. The van der Waals surface area contributed by atoms with E-state index in [1.165, 1.54) is 7.11 Å². The van der Waals surface area contributed by atoms with Gasteiger partial charge in [-0.2, -0.15) is 0 Å². The van der Waals surface area contributed by atoms with Crippen LogP contribution >= 0.6 is 15.9 Å². The first-order valence-electron chi connectivity index (χ1n) is 14.2. The number of hydrogen-bond acceptors (Lipinski definition) is 5. The number of esters is 1. The van der Waals surface area contributed by atoms with Gasteiger partial charge in [-0.05, 0) is 57.5 Å². The van der Waals surface area contributed by atoms with E-state index in [1.807, 2.05) is 72.8 Å². The highest BCUT2D eigenvalue weighted by atomic mass is 79.9. The third kappa shape index (κ3) is 5.44. The van der Waals surface area contributed by atoms with Crippen molar-refractivity contribution in [1.29, 1.82) is 0 Å². The van der Waals surface area contributed by atoms with Gasteiger partial charge in [0.2, 0.25) is 0 Å². The van der Waals surface area contributed by atoms with E-state index in [2.05, 4.69) is 69.8 Å². The van der Waals surface area contributed by atoms with Crippen LogP contribution in [0.1, 0.15) is 27.8 Å². The molecule has 5 nitrogen and oxygen atoms in total. The predicted molar refractivity (Wildman–Crippen MR) is 172 cm³/mol. The molecule has 5 aromatic carbocycles. The Morgan fingerprint density at radius 1 is 0.767 bits per heavy atom. The van der Waals surface area contributed by atoms with Gasteiger partial charge in [-0.1, -0.05) is 125 Å². The van der Waals surface area contributed by atoms with Crippen molar-refractivity contribution in [2.45, 2.75) is 24.6 Å². The van der Waals surface area contributed by atoms with Gasteiger partial charge in [-0.3, -0.25) is 10.1 Å². The van der Waals surface area contributed by atoms with Crippen LogP contribution in [0.25, 0.3) is 11.1 Å². The third-order valence-corrected chi connectivity index (χ3v) is 8.77. The van der Waals surface area contributed by atoms with Crippen LogP contribution in [-0.4, -0.2) is 26.2 Å². The van der Waals surface area contributed by atoms with Crippen LogP contribution in [0.15, 0.2) is 126 Å². The molecule has 1 atom stereocenters. The average molecular weight is 635 g/mol. The van der Waals surface area contributed by atoms with Crippen molar-refractivity contribution in [3.05, 3.63) is 154 Å². The Hall–Kier alpha value is -4.39. The summed E-state index contributed by atoms with van der Waals surface area (Å²) in [6, 6.07) is 40.2. The van der Waals surface area contributed by atoms with Crippen molar-refractivity contribution in [2.75, 3.05) is 14.2 Å². The molecule has 0 saturated carbocycles. The van der Waals surface area contributed by atoms with Gasteiger partial charge in [0.25, 0.3) is 0 Å². The molecule has 0 fully saturated rings. The van der Waals surface area contributed by atoms with Gasteiger partial charge >= 0.3 is 5.97 Å². The number of carbonyl (C=O) groups excluding carboxylic acids is 1. The Labute approximate surface area is 260 Å². The van der Waals surface area contributed by atoms with E-state index >= 15 is 0 Å². The molecule has 0 spiro atoms. The molecule has 1 aliphatic carbocycles. The fourth-order valence-corrected chi connectivity index (χ4v) is 6.52. The first kappa shape index (κ1) is 28.7. The number of rotatable bonds is 10. The maximum absolute atomic E-state index is 13.6. The Morgan fingerprint density at radius 2 is 1.35 bits per heavy atom. The van der Waals surface area contributed by atoms with Gasteiger partial charge < -0.3 is 14.2 Å². The minimum absolute atomic E-state index is 0.345. The molecule has 0 radical (unpaired) electrons. The number of ether oxygens (including phenoxy) is 3. The SMILES string of the molecule is COC(=O)C(Cc1cc(OCc2ccccc2)c(OC)cc1Br)NC1(c2ccccc2)c2ccccc2-c2ccccc21. The molecule has 0 bridgehead atoms. The van der Waals surface area contributed by atoms with Gasteiger partial charge in [-0.15, -0.1) is 0 Å². The summed E-state index contributed by atoms with van der Waals surface area (Å²) in [6.07, 6.45) is 0.345. The fraction of sp³-hybridized carbons (Fsp3) is 0.162. The second-order valence-electron chi connectivity index (χ2n) is 10.5. The Morgan fingerprint density at radius 3 is 1.95 bits per heavy atom. The molecule has 0 amide bonds. The summed E-state index contributed by atoms with van der Waals surface area (Å²) in [4.78, 5) is 13.6. The van der Waals surface area contributed by atoms with Crippen molar-refractivity contribution in [1.82, 2.24) is 5.32 Å². The number of methoxy groups -OCH3 is 2. The molecule has 43 heavy (non-hydrogen) atoms. The maximum Gasteiger partial charge on any atom is 0.323 e. The number of nitrogens with one attached hydrogen (secondary N) is 1. The second kappa shape index (κ2) is 12.5. The summed E-state index contributed by atoms with van der Waals surface area (Å²) in [7, 11) is 3.05. The highest BCUT2D eigenvalue weighted by Gasteiger charge is 2.46. The quantitative estimate of drug-likeness (QED) is 0.160. The first-order chi connectivity index (χ1) is 21.0. The zero-order chi connectivity index (χ0) is 29.8. The zero-order valence-electron chi connectivity index (χ0n) is 24.0. The Kier molecular flexibility index (Phi) is 8.32. The van der Waals surface area contributed by atoms with E-state index in [4.69, 9.17) is 14.2 Å². The molecule has 0 aliphatic heterocycles. The van der Waals surface area contributed by atoms with Gasteiger partial charge in [0, 0.05) is 4.47 Å². The van der Waals surface area contributed by atoms with Crippen LogP contribution in [0.3, 0.4) is 0 Å². The van der Waals surface area contributed by atoms with Gasteiger partial charge in [-0.25, -0.2) is 0 Å². The van der Waals surface area contributed by atoms with Crippen LogP contribution in [0.4, 0.5) is 0 Å². The summed E-state index contributed by atoms with van der Waals surface area (Å²) in [5.74, 6) is 0.850. The van der Waals surface area contributed by atoms with Gasteiger partial charge in [0.05, 0.1) is 19.8 Å². The lowest BCUT2D eigenvalue weighted by Gasteiger charge is -2.37. The van der Waals surface area contributed by atoms with Crippen molar-refractivity contribution >= 4 is 21.9 Å². The van der Waals surface area contributed by atoms with Gasteiger partial charge in [0.1, 0.15) is 12.6 Å². The second-order valence-corrected chi connectivity index (χ2v) is 11.4. The number of hydrogen-bond donors (Lipinski definition) is 1. The molecule has 0 heterocycles. The normalized spacial score (nSPS) is 13.5. The summed E-state index contributed by atoms with van der Waals surface area (Å²) < 4.78 is 18.1. The van der Waals surface area contributed by atoms with Crippen LogP contribution in [-0.2, 0) is 28.1 Å². The number of carbonyl (C=O) groups is 1. The van der Waals surface area contributed by atoms with Crippen molar-refractivity contribution in [3.63, 3.8) is 0 Å². The van der Waals surface area contributed by atoms with Crippen molar-refractivity contribution in [2.24, 2.45) is 0 Å². The molecule has 6 heteroatoms. The molecule has 0 saturated heterocycles. The van der Waals surface area contributed by atoms with Crippen molar-refractivity contribution < 1.29 is 19.0 Å². The molecule has 0 aromatic heterocycles. The van der Waals surface area contributed by atoms with E-state index in [9.17, 15) is 4.79 Å². The number of fused-ring (bicyclic) bond motifs is 3. The van der Waals surface area contributed by atoms with Gasteiger partial charge in [0.15, 0.2) is 11.5 Å². The number of benzene rings is 5. The van der Waals surface area contributed by atoms with E-state index in [0.717, 1.165) is 43.4 Å². The Balaban J connectivity index is 1.42. The smallest absolute Gasteiger partial charge is 0.323 e. The lowest BCUT2D eigenvalue weighted by Crippen LogP contribution is -2.52. The van der Waals surface area contributed by atoms with Crippen molar-refractivity contribution in [3.8, 4) is 22.6 Å².